The van der Waals surface area contributed by atoms with E-state index in [2.05, 4.69) is 0 Å². The van der Waals surface area contributed by atoms with E-state index < -0.39 is 22.0 Å². The van der Waals surface area contributed by atoms with E-state index in [1.807, 2.05) is 0 Å². The van der Waals surface area contributed by atoms with Gasteiger partial charge in [-0.2, -0.15) is 4.31 Å². The normalized spacial score (nSPS) is 23.5. The Labute approximate surface area is 217 Å². The molecule has 0 aromatic heterocycles. The molecule has 2 aliphatic rings. The van der Waals surface area contributed by atoms with Gasteiger partial charge in [-0.1, -0.05) is 23.7 Å². The summed E-state index contributed by atoms with van der Waals surface area (Å²) >= 11 is 6.04. The largest absolute Gasteiger partial charge is 0.464 e. The molecule has 2 aromatic carbocycles. The van der Waals surface area contributed by atoms with Crippen LogP contribution in [-0.4, -0.2) is 67.8 Å². The van der Waals surface area contributed by atoms with Crippen molar-refractivity contribution in [2.24, 2.45) is 11.7 Å². The Morgan fingerprint density at radius 2 is 1.71 bits per heavy atom. The molecule has 0 spiro atoms. The minimum Gasteiger partial charge on any atom is -0.464 e. The van der Waals surface area contributed by atoms with Gasteiger partial charge in [0.25, 0.3) is 0 Å². The van der Waals surface area contributed by atoms with Gasteiger partial charge in [-0.25, -0.2) is 13.2 Å². The summed E-state index contributed by atoms with van der Waals surface area (Å²) in [5.74, 6) is -0.909. The number of rotatable bonds is 5. The Bertz CT molecular complexity index is 1180. The standard InChI is InChI=1S/C24H30ClN3O5S.ClH/c1-2-33-24(30)22-15-27(11-12-28(22)23(29)16-4-8-20(26)9-5-16)34(31,32)21-10-6-17-13-19(25)7-3-18(17)14-21;/h3,6-7,10,13-14,16,20,22H,2,4-5,8-9,11-12,15,26H2,1H3;1H/t16-,20-,22?;. The monoisotopic (exact) mass is 543 g/mol. The zero-order chi connectivity index (χ0) is 24.5. The number of nitrogens with two attached hydrogens (primary N) is 1. The van der Waals surface area contributed by atoms with Crippen LogP contribution in [-0.2, 0) is 24.3 Å². The summed E-state index contributed by atoms with van der Waals surface area (Å²) in [6, 6.07) is 9.22. The second-order valence-electron chi connectivity index (χ2n) is 8.93. The molecule has 8 nitrogen and oxygen atoms in total. The number of carbonyl (C=O) groups is 2. The highest BCUT2D eigenvalue weighted by atomic mass is 35.5. The Balaban J connectivity index is 0.00000342. The van der Waals surface area contributed by atoms with Gasteiger partial charge in [-0.05, 0) is 67.6 Å². The van der Waals surface area contributed by atoms with Crippen molar-refractivity contribution >= 4 is 56.7 Å². The molecule has 4 rings (SSSR count). The third-order valence-electron chi connectivity index (χ3n) is 6.72. The molecule has 0 radical (unpaired) electrons. The fraction of sp³-hybridized carbons (Fsp3) is 0.500. The van der Waals surface area contributed by atoms with Crippen molar-refractivity contribution in [2.45, 2.75) is 49.6 Å². The lowest BCUT2D eigenvalue weighted by atomic mass is 9.85. The van der Waals surface area contributed by atoms with Crippen molar-refractivity contribution in [2.75, 3.05) is 26.2 Å². The van der Waals surface area contributed by atoms with Crippen LogP contribution in [0, 0.1) is 5.92 Å². The number of ether oxygens (including phenoxy) is 1. The smallest absolute Gasteiger partial charge is 0.330 e. The number of hydrogen-bond donors (Lipinski definition) is 1. The highest BCUT2D eigenvalue weighted by Crippen LogP contribution is 2.29. The zero-order valence-corrected chi connectivity index (χ0v) is 21.9. The first-order valence-corrected chi connectivity index (χ1v) is 13.4. The van der Waals surface area contributed by atoms with Crippen molar-refractivity contribution in [3.63, 3.8) is 0 Å². The number of nitrogens with zero attached hydrogens (tertiary/aromatic N) is 2. The number of piperazine rings is 1. The van der Waals surface area contributed by atoms with Crippen LogP contribution in [0.25, 0.3) is 10.8 Å². The minimum atomic E-state index is -3.89. The molecule has 1 amide bonds. The van der Waals surface area contributed by atoms with Gasteiger partial charge in [-0.3, -0.25) is 4.79 Å². The van der Waals surface area contributed by atoms with Crippen LogP contribution >= 0.6 is 24.0 Å². The SMILES string of the molecule is CCOC(=O)C1CN(S(=O)(=O)c2ccc3cc(Cl)ccc3c2)CCN1C(=O)[C@H]1CC[C@H](N)CC1.Cl. The van der Waals surface area contributed by atoms with Crippen molar-refractivity contribution < 1.29 is 22.7 Å². The minimum absolute atomic E-state index is 0. The summed E-state index contributed by atoms with van der Waals surface area (Å²) in [5, 5.41) is 2.15. The number of benzene rings is 2. The molecule has 0 bridgehead atoms. The maximum absolute atomic E-state index is 13.5. The van der Waals surface area contributed by atoms with Crippen LogP contribution in [0.2, 0.25) is 5.02 Å². The van der Waals surface area contributed by atoms with Crippen LogP contribution in [0.5, 0.6) is 0 Å². The second kappa shape index (κ2) is 11.4. The first kappa shape index (κ1) is 27.7. The molecule has 35 heavy (non-hydrogen) atoms. The highest BCUT2D eigenvalue weighted by molar-refractivity contribution is 7.89. The van der Waals surface area contributed by atoms with E-state index in [4.69, 9.17) is 22.1 Å². The summed E-state index contributed by atoms with van der Waals surface area (Å²) in [4.78, 5) is 27.7. The van der Waals surface area contributed by atoms with Crippen LogP contribution in [0.4, 0.5) is 0 Å². The quantitative estimate of drug-likeness (QED) is 0.579. The lowest BCUT2D eigenvalue weighted by Gasteiger charge is -2.41. The summed E-state index contributed by atoms with van der Waals surface area (Å²) in [7, 11) is -3.89. The van der Waals surface area contributed by atoms with Gasteiger partial charge in [0.2, 0.25) is 15.9 Å². The highest BCUT2D eigenvalue weighted by Gasteiger charge is 2.42. The molecular formula is C24H31Cl2N3O5S. The summed E-state index contributed by atoms with van der Waals surface area (Å²) in [6.45, 7) is 1.93. The van der Waals surface area contributed by atoms with E-state index in [0.29, 0.717) is 17.9 Å². The number of esters is 1. The van der Waals surface area contributed by atoms with Crippen LogP contribution < -0.4 is 5.73 Å². The van der Waals surface area contributed by atoms with Crippen molar-refractivity contribution in [3.8, 4) is 0 Å². The molecule has 2 N–H and O–H groups in total. The number of fused-ring (bicyclic) bond motifs is 1. The molecule has 2 fully saturated rings. The van der Waals surface area contributed by atoms with Crippen LogP contribution in [0.1, 0.15) is 32.6 Å². The molecular weight excluding hydrogens is 513 g/mol. The van der Waals surface area contributed by atoms with E-state index >= 15 is 0 Å². The Hall–Kier alpha value is -1.91. The molecule has 1 atom stereocenters. The van der Waals surface area contributed by atoms with Crippen molar-refractivity contribution in [1.29, 1.82) is 0 Å². The molecule has 1 saturated carbocycles. The van der Waals surface area contributed by atoms with Crippen LogP contribution in [0.15, 0.2) is 41.3 Å². The molecule has 1 aliphatic carbocycles. The topological polar surface area (TPSA) is 110 Å². The second-order valence-corrected chi connectivity index (χ2v) is 11.3. The van der Waals surface area contributed by atoms with Crippen molar-refractivity contribution in [3.05, 3.63) is 41.4 Å². The third-order valence-corrected chi connectivity index (χ3v) is 8.81. The predicted octanol–water partition coefficient (Wildman–Crippen LogP) is 3.20. The number of hydrogen-bond acceptors (Lipinski definition) is 6. The average Bonchev–Trinajstić information content (AvgIpc) is 2.83. The molecule has 192 valence electrons. The van der Waals surface area contributed by atoms with E-state index in [-0.39, 0.29) is 61.4 Å². The van der Waals surface area contributed by atoms with Crippen LogP contribution in [0.3, 0.4) is 0 Å². The first-order valence-electron chi connectivity index (χ1n) is 11.6. The van der Waals surface area contributed by atoms with Gasteiger partial charge in [0.1, 0.15) is 6.04 Å². The zero-order valence-electron chi connectivity index (χ0n) is 19.6. The fourth-order valence-corrected chi connectivity index (χ4v) is 6.44. The summed E-state index contributed by atoms with van der Waals surface area (Å²) in [6.07, 6.45) is 2.88. The maximum atomic E-state index is 13.5. The van der Waals surface area contributed by atoms with E-state index in [0.717, 1.165) is 23.6 Å². The van der Waals surface area contributed by atoms with Gasteiger partial charge < -0.3 is 15.4 Å². The lowest BCUT2D eigenvalue weighted by Crippen LogP contribution is -2.60. The maximum Gasteiger partial charge on any atom is 0.330 e. The summed E-state index contributed by atoms with van der Waals surface area (Å²) in [5.41, 5.74) is 5.98. The molecule has 11 heteroatoms. The number of carbonyl (C=O) groups excluding carboxylic acids is 2. The Kier molecular flexibility index (Phi) is 9.04. The number of halogens is 2. The van der Waals surface area contributed by atoms with Gasteiger partial charge in [0, 0.05) is 36.6 Å². The van der Waals surface area contributed by atoms with Gasteiger partial charge in [0.05, 0.1) is 11.5 Å². The van der Waals surface area contributed by atoms with Crippen molar-refractivity contribution in [1.82, 2.24) is 9.21 Å². The first-order chi connectivity index (χ1) is 16.2. The van der Waals surface area contributed by atoms with Gasteiger partial charge in [-0.15, -0.1) is 12.4 Å². The van der Waals surface area contributed by atoms with Gasteiger partial charge in [0.15, 0.2) is 0 Å². The number of sulfonamides is 1. The van der Waals surface area contributed by atoms with Gasteiger partial charge >= 0.3 is 5.97 Å². The molecule has 1 saturated heterocycles. The van der Waals surface area contributed by atoms with E-state index in [1.54, 1.807) is 37.3 Å². The van der Waals surface area contributed by atoms with E-state index in [1.165, 1.54) is 15.3 Å². The fourth-order valence-electron chi connectivity index (χ4n) is 4.79. The molecule has 1 heterocycles. The average molecular weight is 545 g/mol. The van der Waals surface area contributed by atoms with E-state index in [9.17, 15) is 18.0 Å². The molecule has 1 aliphatic heterocycles. The Morgan fingerprint density at radius 3 is 2.40 bits per heavy atom. The lowest BCUT2D eigenvalue weighted by molar-refractivity contribution is -0.159. The predicted molar refractivity (Wildman–Crippen MR) is 137 cm³/mol. The Morgan fingerprint density at radius 1 is 1.06 bits per heavy atom. The number of amides is 1. The molecule has 1 unspecified atom stereocenters. The third kappa shape index (κ3) is 5.91. The molecule has 2 aromatic rings. The summed E-state index contributed by atoms with van der Waals surface area (Å²) < 4.78 is 33.4.